The third-order valence-electron chi connectivity index (χ3n) is 2.88. The minimum atomic E-state index is 0.0129. The van der Waals surface area contributed by atoms with E-state index in [0.717, 1.165) is 31.0 Å². The summed E-state index contributed by atoms with van der Waals surface area (Å²) >= 11 is 0. The average Bonchev–Trinajstić information content (AvgIpc) is 2.59. The van der Waals surface area contributed by atoms with E-state index >= 15 is 0 Å². The fraction of sp³-hybridized carbons (Fsp3) is 0.818. The lowest BCUT2D eigenvalue weighted by Gasteiger charge is -2.19. The smallest absolute Gasteiger partial charge is 0.156 e. The number of nitrogens with zero attached hydrogens (tertiary/aromatic N) is 3. The number of aryl methyl sites for hydroxylation is 1. The first-order valence-electron chi connectivity index (χ1n) is 5.56. The van der Waals surface area contributed by atoms with Crippen LogP contribution in [0.5, 0.6) is 0 Å². The normalized spacial score (nSPS) is 21.5. The van der Waals surface area contributed by atoms with Crippen molar-refractivity contribution in [3.8, 4) is 0 Å². The first kappa shape index (κ1) is 10.6. The van der Waals surface area contributed by atoms with Crippen molar-refractivity contribution in [3.63, 3.8) is 0 Å². The van der Waals surface area contributed by atoms with E-state index in [1.165, 1.54) is 0 Å². The van der Waals surface area contributed by atoms with Crippen molar-refractivity contribution in [2.24, 2.45) is 5.92 Å². The van der Waals surface area contributed by atoms with Gasteiger partial charge in [0.05, 0.1) is 0 Å². The standard InChI is InChI=1S/C11H19N3O/c1-11(2,3)10-12-9-5-4-8(7-15)6-14(9)13-10/h8,15H,4-7H2,1-3H3. The molecule has 0 aromatic carbocycles. The van der Waals surface area contributed by atoms with Crippen molar-refractivity contribution < 1.29 is 5.11 Å². The number of fused-ring (bicyclic) bond motifs is 1. The average molecular weight is 209 g/mol. The topological polar surface area (TPSA) is 50.9 Å². The summed E-state index contributed by atoms with van der Waals surface area (Å²) in [5, 5.41) is 13.6. The summed E-state index contributed by atoms with van der Waals surface area (Å²) in [5.41, 5.74) is 0.0129. The molecule has 0 radical (unpaired) electrons. The fourth-order valence-corrected chi connectivity index (χ4v) is 1.84. The van der Waals surface area contributed by atoms with E-state index in [1.54, 1.807) is 0 Å². The first-order valence-corrected chi connectivity index (χ1v) is 5.56. The third-order valence-corrected chi connectivity index (χ3v) is 2.88. The van der Waals surface area contributed by atoms with Crippen molar-refractivity contribution in [1.82, 2.24) is 14.8 Å². The van der Waals surface area contributed by atoms with Crippen LogP contribution in [0.2, 0.25) is 0 Å². The monoisotopic (exact) mass is 209 g/mol. The molecule has 1 unspecified atom stereocenters. The second-order valence-electron chi connectivity index (χ2n) is 5.37. The van der Waals surface area contributed by atoms with Crippen LogP contribution in [0.1, 0.15) is 38.8 Å². The summed E-state index contributed by atoms with van der Waals surface area (Å²) in [7, 11) is 0. The van der Waals surface area contributed by atoms with Crippen molar-refractivity contribution in [1.29, 1.82) is 0 Å². The first-order chi connectivity index (χ1) is 7.00. The van der Waals surface area contributed by atoms with Gasteiger partial charge in [0, 0.05) is 30.9 Å². The van der Waals surface area contributed by atoms with E-state index in [-0.39, 0.29) is 12.0 Å². The maximum atomic E-state index is 9.12. The van der Waals surface area contributed by atoms with Crippen LogP contribution in [-0.2, 0) is 18.4 Å². The summed E-state index contributed by atoms with van der Waals surface area (Å²) in [5.74, 6) is 2.34. The van der Waals surface area contributed by atoms with E-state index < -0.39 is 0 Å². The lowest BCUT2D eigenvalue weighted by molar-refractivity contribution is 0.185. The molecule has 15 heavy (non-hydrogen) atoms. The van der Waals surface area contributed by atoms with Crippen molar-refractivity contribution in [3.05, 3.63) is 11.6 Å². The number of aromatic nitrogens is 3. The van der Waals surface area contributed by atoms with Crippen molar-refractivity contribution >= 4 is 0 Å². The Balaban J connectivity index is 2.26. The highest BCUT2D eigenvalue weighted by Crippen LogP contribution is 2.23. The molecule has 2 rings (SSSR count). The van der Waals surface area contributed by atoms with Gasteiger partial charge in [-0.1, -0.05) is 20.8 Å². The van der Waals surface area contributed by atoms with Gasteiger partial charge in [-0.15, -0.1) is 0 Å². The molecule has 4 heteroatoms. The van der Waals surface area contributed by atoms with Crippen molar-refractivity contribution in [2.75, 3.05) is 6.61 Å². The van der Waals surface area contributed by atoms with Gasteiger partial charge in [0.1, 0.15) is 5.82 Å². The van der Waals surface area contributed by atoms with E-state index in [1.807, 2.05) is 4.68 Å². The third kappa shape index (κ3) is 2.04. The van der Waals surface area contributed by atoms with Gasteiger partial charge < -0.3 is 5.11 Å². The number of hydrogen-bond donors (Lipinski definition) is 1. The minimum Gasteiger partial charge on any atom is -0.396 e. The summed E-state index contributed by atoms with van der Waals surface area (Å²) in [4.78, 5) is 4.56. The highest BCUT2D eigenvalue weighted by Gasteiger charge is 2.25. The molecule has 1 N–H and O–H groups in total. The van der Waals surface area contributed by atoms with Crippen molar-refractivity contribution in [2.45, 2.75) is 45.6 Å². The molecule has 0 aliphatic carbocycles. The molecule has 0 amide bonds. The molecule has 0 fully saturated rings. The Hall–Kier alpha value is -0.900. The van der Waals surface area contributed by atoms with Crippen LogP contribution in [0.15, 0.2) is 0 Å². The van der Waals surface area contributed by atoms with Gasteiger partial charge in [-0.05, 0) is 6.42 Å². The number of aliphatic hydroxyl groups is 1. The molecule has 1 aliphatic heterocycles. The van der Waals surface area contributed by atoms with Crippen LogP contribution in [0.25, 0.3) is 0 Å². The molecule has 4 nitrogen and oxygen atoms in total. The van der Waals surface area contributed by atoms with Crippen LogP contribution in [0.4, 0.5) is 0 Å². The van der Waals surface area contributed by atoms with Crippen LogP contribution in [0.3, 0.4) is 0 Å². The molecule has 0 saturated heterocycles. The molecule has 1 aromatic rings. The maximum absolute atomic E-state index is 9.12. The largest absolute Gasteiger partial charge is 0.396 e. The second kappa shape index (κ2) is 3.59. The highest BCUT2D eigenvalue weighted by molar-refractivity contribution is 5.05. The predicted octanol–water partition coefficient (Wildman–Crippen LogP) is 1.13. The van der Waals surface area contributed by atoms with Gasteiger partial charge in [0.15, 0.2) is 5.82 Å². The summed E-state index contributed by atoms with van der Waals surface area (Å²) in [6, 6.07) is 0. The van der Waals surface area contributed by atoms with Gasteiger partial charge in [-0.2, -0.15) is 5.10 Å². The number of hydrogen-bond acceptors (Lipinski definition) is 3. The second-order valence-corrected chi connectivity index (χ2v) is 5.37. The van der Waals surface area contributed by atoms with Gasteiger partial charge in [0.2, 0.25) is 0 Å². The Labute approximate surface area is 90.3 Å². The Kier molecular flexibility index (Phi) is 2.54. The number of rotatable bonds is 1. The Bertz CT molecular complexity index is 351. The Morgan fingerprint density at radius 2 is 2.20 bits per heavy atom. The summed E-state index contributed by atoms with van der Waals surface area (Å²) in [6.45, 7) is 7.44. The Morgan fingerprint density at radius 3 is 2.80 bits per heavy atom. The molecule has 0 bridgehead atoms. The van der Waals surface area contributed by atoms with E-state index in [9.17, 15) is 0 Å². The zero-order valence-electron chi connectivity index (χ0n) is 9.69. The van der Waals surface area contributed by atoms with Gasteiger partial charge >= 0.3 is 0 Å². The highest BCUT2D eigenvalue weighted by atomic mass is 16.3. The van der Waals surface area contributed by atoms with E-state index in [0.29, 0.717) is 5.92 Å². The summed E-state index contributed by atoms with van der Waals surface area (Å²) < 4.78 is 1.96. The molecule has 2 heterocycles. The minimum absolute atomic E-state index is 0.0129. The molecule has 0 saturated carbocycles. The quantitative estimate of drug-likeness (QED) is 0.754. The zero-order chi connectivity index (χ0) is 11.1. The Morgan fingerprint density at radius 1 is 1.47 bits per heavy atom. The van der Waals surface area contributed by atoms with Crippen LogP contribution < -0.4 is 0 Å². The van der Waals surface area contributed by atoms with Gasteiger partial charge in [-0.25, -0.2) is 9.67 Å². The molecule has 1 aromatic heterocycles. The maximum Gasteiger partial charge on any atom is 0.156 e. The van der Waals surface area contributed by atoms with Gasteiger partial charge in [0.25, 0.3) is 0 Å². The fourth-order valence-electron chi connectivity index (χ4n) is 1.84. The summed E-state index contributed by atoms with van der Waals surface area (Å²) in [6.07, 6.45) is 1.97. The SMILES string of the molecule is CC(C)(C)c1nc2n(n1)CC(CO)CC2. The predicted molar refractivity (Wildman–Crippen MR) is 57.6 cm³/mol. The molecule has 84 valence electrons. The molecular formula is C11H19N3O. The van der Waals surface area contributed by atoms with Crippen LogP contribution >= 0.6 is 0 Å². The zero-order valence-corrected chi connectivity index (χ0v) is 9.69. The van der Waals surface area contributed by atoms with E-state index in [4.69, 9.17) is 5.11 Å². The van der Waals surface area contributed by atoms with Crippen LogP contribution in [0, 0.1) is 5.92 Å². The molecule has 0 spiro atoms. The van der Waals surface area contributed by atoms with E-state index in [2.05, 4.69) is 30.9 Å². The lowest BCUT2D eigenvalue weighted by atomic mass is 9.96. The molecular weight excluding hydrogens is 190 g/mol. The lowest BCUT2D eigenvalue weighted by Crippen LogP contribution is -2.23. The number of aliphatic hydroxyl groups excluding tert-OH is 1. The van der Waals surface area contributed by atoms with Crippen LogP contribution in [-0.4, -0.2) is 26.5 Å². The molecule has 1 atom stereocenters. The van der Waals surface area contributed by atoms with Gasteiger partial charge in [-0.3, -0.25) is 0 Å². The molecule has 1 aliphatic rings.